The molecule has 3 N–H and O–H groups in total. The Morgan fingerprint density at radius 3 is 3.07 bits per heavy atom. The summed E-state index contributed by atoms with van der Waals surface area (Å²) in [6.45, 7) is 8.09. The predicted molar refractivity (Wildman–Crippen MR) is 121 cm³/mol. The first-order valence-electron chi connectivity index (χ1n) is 10.2. The first-order valence-corrected chi connectivity index (χ1v) is 11.9. The summed E-state index contributed by atoms with van der Waals surface area (Å²) in [6, 6.07) is 0.381. The van der Waals surface area contributed by atoms with Gasteiger partial charge in [-0.15, -0.1) is 22.7 Å². The summed E-state index contributed by atoms with van der Waals surface area (Å²) in [4.78, 5) is 18.8. The van der Waals surface area contributed by atoms with Crippen LogP contribution in [-0.4, -0.2) is 43.2 Å². The first kappa shape index (κ1) is 20.7. The topological polar surface area (TPSA) is 75.3 Å². The number of carbonyl (C=O) groups is 1. The number of anilines is 1. The number of thiazole rings is 1. The molecule has 0 aliphatic carbocycles. The van der Waals surface area contributed by atoms with Crippen LogP contribution in [0.15, 0.2) is 11.5 Å². The maximum atomic E-state index is 12.5. The molecule has 0 radical (unpaired) electrons. The highest BCUT2D eigenvalue weighted by atomic mass is 32.1. The number of thiophene rings is 1. The first-order chi connectivity index (χ1) is 14.1. The van der Waals surface area contributed by atoms with Crippen molar-refractivity contribution in [2.75, 3.05) is 31.6 Å². The lowest BCUT2D eigenvalue weighted by atomic mass is 10.0. The Bertz CT molecular complexity index is 901. The summed E-state index contributed by atoms with van der Waals surface area (Å²) < 4.78 is 5.43. The molecule has 2 aromatic rings. The van der Waals surface area contributed by atoms with Crippen LogP contribution in [0.2, 0.25) is 0 Å². The molecular formula is C21H28N4O2S2. The number of rotatable bonds is 7. The second-order valence-electron chi connectivity index (χ2n) is 7.63. The molecule has 0 fully saturated rings. The summed E-state index contributed by atoms with van der Waals surface area (Å²) >= 11 is 3.35. The van der Waals surface area contributed by atoms with E-state index in [2.05, 4.69) is 41.3 Å². The van der Waals surface area contributed by atoms with Crippen LogP contribution in [0.4, 0.5) is 5.00 Å². The van der Waals surface area contributed by atoms with Gasteiger partial charge in [0.25, 0.3) is 0 Å². The van der Waals surface area contributed by atoms with Gasteiger partial charge in [0.2, 0.25) is 5.91 Å². The fourth-order valence-electron chi connectivity index (χ4n) is 3.61. The van der Waals surface area contributed by atoms with Gasteiger partial charge in [0.15, 0.2) is 0 Å². The second kappa shape index (κ2) is 9.49. The molecule has 156 valence electrons. The number of carbonyl (C=O) groups excluding carboxylic acids is 1. The lowest BCUT2D eigenvalue weighted by Gasteiger charge is -2.14. The van der Waals surface area contributed by atoms with Crippen LogP contribution in [0.25, 0.3) is 16.1 Å². The van der Waals surface area contributed by atoms with Gasteiger partial charge in [-0.2, -0.15) is 0 Å². The molecule has 0 saturated heterocycles. The van der Waals surface area contributed by atoms with E-state index < -0.39 is 0 Å². The number of ether oxygens (including phenoxy) is 1. The average Bonchev–Trinajstić information content (AvgIpc) is 3.32. The van der Waals surface area contributed by atoms with E-state index in [0.29, 0.717) is 25.6 Å². The van der Waals surface area contributed by atoms with Crippen LogP contribution in [0, 0.1) is 0 Å². The molecule has 6 nitrogen and oxygen atoms in total. The minimum Gasteiger partial charge on any atom is -0.377 e. The van der Waals surface area contributed by atoms with Crippen LogP contribution in [-0.2, 0) is 22.5 Å². The molecule has 1 amide bonds. The van der Waals surface area contributed by atoms with E-state index in [0.717, 1.165) is 53.8 Å². The summed E-state index contributed by atoms with van der Waals surface area (Å²) in [5.74, 6) is 0.0508. The Hall–Kier alpha value is -1.58. The van der Waals surface area contributed by atoms with Crippen LogP contribution < -0.4 is 16.0 Å². The second-order valence-corrected chi connectivity index (χ2v) is 9.60. The average molecular weight is 433 g/mol. The van der Waals surface area contributed by atoms with Crippen molar-refractivity contribution in [1.29, 1.82) is 0 Å². The molecule has 0 aromatic carbocycles. The van der Waals surface area contributed by atoms with Gasteiger partial charge in [-0.05, 0) is 30.5 Å². The Labute approximate surface area is 179 Å². The predicted octanol–water partition coefficient (Wildman–Crippen LogP) is 3.65. The van der Waals surface area contributed by atoms with Crippen LogP contribution in [0.5, 0.6) is 0 Å². The molecular weight excluding hydrogens is 404 g/mol. The molecule has 4 rings (SSSR count). The third-order valence-electron chi connectivity index (χ3n) is 5.10. The van der Waals surface area contributed by atoms with Gasteiger partial charge in [0.1, 0.15) is 10.0 Å². The van der Waals surface area contributed by atoms with E-state index in [4.69, 9.17) is 9.72 Å². The molecule has 4 heterocycles. The number of fused-ring (bicyclic) bond motifs is 1. The van der Waals surface area contributed by atoms with Crippen LogP contribution in [0.3, 0.4) is 0 Å². The molecule has 2 aliphatic rings. The fraction of sp³-hybridized carbons (Fsp3) is 0.524. The Morgan fingerprint density at radius 1 is 1.38 bits per heavy atom. The van der Waals surface area contributed by atoms with E-state index >= 15 is 0 Å². The van der Waals surface area contributed by atoms with E-state index in [1.807, 2.05) is 0 Å². The number of amides is 1. The van der Waals surface area contributed by atoms with E-state index in [-0.39, 0.29) is 5.91 Å². The van der Waals surface area contributed by atoms with Gasteiger partial charge in [-0.3, -0.25) is 4.79 Å². The van der Waals surface area contributed by atoms with Crippen molar-refractivity contribution < 1.29 is 9.53 Å². The van der Waals surface area contributed by atoms with Crippen LogP contribution in [0.1, 0.15) is 42.8 Å². The van der Waals surface area contributed by atoms with E-state index in [1.54, 1.807) is 22.7 Å². The van der Waals surface area contributed by atoms with E-state index in [1.165, 1.54) is 16.0 Å². The van der Waals surface area contributed by atoms with Gasteiger partial charge in [-0.1, -0.05) is 19.9 Å². The molecule has 0 atom stereocenters. The standard InChI is InChI=1S/C21H28N4O2S2/c1-13(2)23-8-4-18(26)25-21-19(15-3-7-22-11-17(15)29-21)20-24-16(12-28-20)14-5-9-27-10-6-14/h5,12-13,22-23H,3-4,6-11H2,1-2H3,(H,25,26). The minimum absolute atomic E-state index is 0.0508. The van der Waals surface area contributed by atoms with Crippen LogP contribution >= 0.6 is 22.7 Å². The zero-order valence-corrected chi connectivity index (χ0v) is 18.6. The van der Waals surface area contributed by atoms with Gasteiger partial charge in [0.05, 0.1) is 18.9 Å². The van der Waals surface area contributed by atoms with Crippen molar-refractivity contribution in [3.63, 3.8) is 0 Å². The van der Waals surface area contributed by atoms with Crippen molar-refractivity contribution in [3.8, 4) is 10.6 Å². The summed E-state index contributed by atoms with van der Waals surface area (Å²) in [5.41, 5.74) is 4.77. The highest BCUT2D eigenvalue weighted by molar-refractivity contribution is 7.18. The lowest BCUT2D eigenvalue weighted by Crippen LogP contribution is -2.27. The SMILES string of the molecule is CC(C)NCCC(=O)Nc1sc2c(c1-c1nc(C3=CCOCC3)cs1)CCNC2. The summed E-state index contributed by atoms with van der Waals surface area (Å²) in [5, 5.41) is 14.0. The lowest BCUT2D eigenvalue weighted by molar-refractivity contribution is -0.116. The third-order valence-corrected chi connectivity index (χ3v) is 7.10. The monoisotopic (exact) mass is 432 g/mol. The zero-order valence-electron chi connectivity index (χ0n) is 17.0. The van der Waals surface area contributed by atoms with Crippen molar-refractivity contribution in [3.05, 3.63) is 27.6 Å². The van der Waals surface area contributed by atoms with Crippen molar-refractivity contribution in [2.24, 2.45) is 0 Å². The Morgan fingerprint density at radius 2 is 2.28 bits per heavy atom. The number of nitrogens with zero attached hydrogens (tertiary/aromatic N) is 1. The van der Waals surface area contributed by atoms with Crippen molar-refractivity contribution in [1.82, 2.24) is 15.6 Å². The smallest absolute Gasteiger partial charge is 0.226 e. The molecule has 0 saturated carbocycles. The quantitative estimate of drug-likeness (QED) is 0.623. The molecule has 29 heavy (non-hydrogen) atoms. The summed E-state index contributed by atoms with van der Waals surface area (Å²) in [6.07, 6.45) is 4.47. The molecule has 8 heteroatoms. The Kier molecular flexibility index (Phi) is 6.77. The Balaban J connectivity index is 1.59. The fourth-order valence-corrected chi connectivity index (χ4v) is 5.83. The highest BCUT2D eigenvalue weighted by Gasteiger charge is 2.25. The molecule has 2 aromatic heterocycles. The van der Waals surface area contributed by atoms with E-state index in [9.17, 15) is 4.79 Å². The third kappa shape index (κ3) is 4.95. The summed E-state index contributed by atoms with van der Waals surface area (Å²) in [7, 11) is 0. The van der Waals surface area contributed by atoms with Crippen molar-refractivity contribution in [2.45, 2.75) is 45.7 Å². The van der Waals surface area contributed by atoms with Gasteiger partial charge >= 0.3 is 0 Å². The maximum absolute atomic E-state index is 12.5. The molecule has 0 unspecified atom stereocenters. The number of aromatic nitrogens is 1. The van der Waals surface area contributed by atoms with Gasteiger partial charge in [0, 0.05) is 41.4 Å². The minimum atomic E-state index is 0.0508. The molecule has 2 aliphatic heterocycles. The largest absolute Gasteiger partial charge is 0.377 e. The highest BCUT2D eigenvalue weighted by Crippen LogP contribution is 2.44. The van der Waals surface area contributed by atoms with Gasteiger partial charge in [-0.25, -0.2) is 4.98 Å². The molecule has 0 spiro atoms. The molecule has 0 bridgehead atoms. The van der Waals surface area contributed by atoms with Crippen molar-refractivity contribution >= 4 is 39.2 Å². The number of nitrogens with one attached hydrogen (secondary N) is 3. The normalized spacial score (nSPS) is 16.6. The van der Waals surface area contributed by atoms with Gasteiger partial charge < -0.3 is 20.7 Å². The maximum Gasteiger partial charge on any atom is 0.226 e. The number of hydrogen-bond donors (Lipinski definition) is 3. The zero-order chi connectivity index (χ0) is 20.2. The number of hydrogen-bond acceptors (Lipinski definition) is 7.